The van der Waals surface area contributed by atoms with Gasteiger partial charge >= 0.3 is 0 Å². The van der Waals surface area contributed by atoms with Crippen molar-refractivity contribution < 1.29 is 0 Å². The predicted octanol–water partition coefficient (Wildman–Crippen LogP) is 13.6. The highest BCUT2D eigenvalue weighted by Crippen LogP contribution is 2.39. The van der Waals surface area contributed by atoms with Gasteiger partial charge < -0.3 is 9.13 Å². The molecule has 0 aliphatic rings. The fraction of sp³-hybridized carbons (Fsp3) is 0. The third-order valence-corrected chi connectivity index (χ3v) is 11.7. The molecule has 0 unspecified atom stereocenters. The minimum absolute atomic E-state index is 0.627. The molecule has 0 spiro atoms. The fourth-order valence-electron chi connectivity index (χ4n) is 8.97. The molecule has 0 aliphatic carbocycles. The zero-order valence-corrected chi connectivity index (χ0v) is 31.9. The Kier molecular flexibility index (Phi) is 7.47. The van der Waals surface area contributed by atoms with E-state index in [1.165, 1.54) is 32.9 Å². The van der Waals surface area contributed by atoms with E-state index >= 15 is 0 Å². The third-order valence-electron chi connectivity index (χ3n) is 11.7. The van der Waals surface area contributed by atoms with Gasteiger partial charge in [0.25, 0.3) is 0 Å². The van der Waals surface area contributed by atoms with E-state index in [9.17, 15) is 0 Å². The van der Waals surface area contributed by atoms with Crippen LogP contribution >= 0.6 is 0 Å². The predicted molar refractivity (Wildman–Crippen MR) is 244 cm³/mol. The summed E-state index contributed by atoms with van der Waals surface area (Å²) in [5.74, 6) is 0.627. The minimum atomic E-state index is 0.627. The van der Waals surface area contributed by atoms with Crippen LogP contribution in [-0.2, 0) is 0 Å². The Morgan fingerprint density at radius 3 is 1.49 bits per heavy atom. The first kappa shape index (κ1) is 33.2. The lowest BCUT2D eigenvalue weighted by molar-refractivity contribution is 0.988. The molecule has 0 atom stereocenters. The highest BCUT2D eigenvalue weighted by molar-refractivity contribution is 6.12. The van der Waals surface area contributed by atoms with Gasteiger partial charge in [-0.1, -0.05) is 133 Å². The lowest BCUT2D eigenvalue weighted by atomic mass is 10.0. The second-order valence-electron chi connectivity index (χ2n) is 15.1. The smallest absolute Gasteiger partial charge is 0.237 e. The number of nitrogens with zero attached hydrogens (tertiary/aromatic N) is 5. The van der Waals surface area contributed by atoms with Crippen molar-refractivity contribution in [3.05, 3.63) is 212 Å². The van der Waals surface area contributed by atoms with Crippen molar-refractivity contribution in [3.63, 3.8) is 0 Å². The monoisotopic (exact) mass is 753 g/mol. The second-order valence-corrected chi connectivity index (χ2v) is 15.1. The molecule has 0 radical (unpaired) electrons. The van der Waals surface area contributed by atoms with Gasteiger partial charge in [0.1, 0.15) is 0 Å². The van der Waals surface area contributed by atoms with Gasteiger partial charge in [0.05, 0.1) is 27.8 Å². The van der Waals surface area contributed by atoms with Crippen LogP contribution in [-0.4, -0.2) is 23.7 Å². The summed E-state index contributed by atoms with van der Waals surface area (Å²) in [6.45, 7) is 0. The van der Waals surface area contributed by atoms with E-state index in [2.05, 4.69) is 220 Å². The average molecular weight is 754 g/mol. The summed E-state index contributed by atoms with van der Waals surface area (Å²) in [5.41, 5.74) is 14.1. The number of fused-ring (bicyclic) bond motifs is 7. The summed E-state index contributed by atoms with van der Waals surface area (Å²) < 4.78 is 6.77. The zero-order valence-electron chi connectivity index (χ0n) is 31.9. The molecule has 4 aromatic heterocycles. The Morgan fingerprint density at radius 2 is 0.814 bits per heavy atom. The molecule has 0 amide bonds. The van der Waals surface area contributed by atoms with E-state index in [0.29, 0.717) is 5.95 Å². The molecule has 0 N–H and O–H groups in total. The largest absolute Gasteiger partial charge is 0.309 e. The van der Waals surface area contributed by atoms with Crippen LogP contribution in [0.5, 0.6) is 0 Å². The summed E-state index contributed by atoms with van der Waals surface area (Å²) in [7, 11) is 0. The van der Waals surface area contributed by atoms with Crippen LogP contribution in [0.1, 0.15) is 0 Å². The highest BCUT2D eigenvalue weighted by atomic mass is 15.2. The van der Waals surface area contributed by atoms with E-state index in [-0.39, 0.29) is 0 Å². The summed E-state index contributed by atoms with van der Waals surface area (Å²) in [5, 5.41) is 5.77. The van der Waals surface area contributed by atoms with Gasteiger partial charge in [-0.05, 0) is 95.1 Å². The van der Waals surface area contributed by atoms with E-state index < -0.39 is 0 Å². The number of benzene rings is 8. The van der Waals surface area contributed by atoms with Crippen LogP contribution in [0.3, 0.4) is 0 Å². The lowest BCUT2D eigenvalue weighted by Gasteiger charge is -2.13. The molecule has 59 heavy (non-hydrogen) atoms. The van der Waals surface area contributed by atoms with Gasteiger partial charge in [0.2, 0.25) is 5.95 Å². The topological polar surface area (TPSA) is 40.6 Å². The molecule has 0 saturated carbocycles. The standard InChI is InChI=1S/C54H35N5/c1-4-15-36(16-5-1)37-17-14-18-40(33-37)52-45-31-32-57(41-19-6-2-7-20-41)53(45)56-54(55-52)59-49-26-13-11-24-44(49)47-35-39(28-30-51(47)59)38-27-29-50-46(34-38)43-23-10-12-25-48(43)58(50)42-21-8-3-9-22-42/h1-35H. The average Bonchev–Trinajstić information content (AvgIpc) is 3.99. The molecule has 0 saturated heterocycles. The summed E-state index contributed by atoms with van der Waals surface area (Å²) >= 11 is 0. The van der Waals surface area contributed by atoms with E-state index in [1.807, 2.05) is 6.07 Å². The fourth-order valence-corrected chi connectivity index (χ4v) is 8.97. The highest BCUT2D eigenvalue weighted by Gasteiger charge is 2.21. The maximum absolute atomic E-state index is 5.46. The van der Waals surface area contributed by atoms with Crippen LogP contribution in [0.2, 0.25) is 0 Å². The summed E-state index contributed by atoms with van der Waals surface area (Å²) in [4.78, 5) is 10.9. The second kappa shape index (κ2) is 13.3. The first-order valence-electron chi connectivity index (χ1n) is 20.0. The molecular weight excluding hydrogens is 719 g/mol. The van der Waals surface area contributed by atoms with Crippen molar-refractivity contribution in [1.29, 1.82) is 0 Å². The molecule has 4 heterocycles. The lowest BCUT2D eigenvalue weighted by Crippen LogP contribution is -2.05. The SMILES string of the molecule is c1ccc(-c2cccc(-c3nc(-n4c5ccccc5c5cc(-c6ccc7c(c6)c6ccccc6n7-c6ccccc6)ccc54)nc4c3ccn4-c3ccccc3)c2)cc1. The number of hydrogen-bond acceptors (Lipinski definition) is 2. The zero-order chi connectivity index (χ0) is 38.9. The minimum Gasteiger partial charge on any atom is -0.309 e. The molecule has 12 aromatic rings. The van der Waals surface area contributed by atoms with Gasteiger partial charge in [-0.25, -0.2) is 4.98 Å². The Hall–Kier alpha value is -8.02. The van der Waals surface area contributed by atoms with Crippen molar-refractivity contribution in [3.8, 4) is 50.8 Å². The molecule has 5 nitrogen and oxygen atoms in total. The Labute approximate surface area is 340 Å². The molecule has 0 aliphatic heterocycles. The van der Waals surface area contributed by atoms with Crippen LogP contribution in [0.25, 0.3) is 105 Å². The molecule has 0 fully saturated rings. The van der Waals surface area contributed by atoms with E-state index in [0.717, 1.165) is 66.6 Å². The van der Waals surface area contributed by atoms with Gasteiger partial charge in [0.15, 0.2) is 5.65 Å². The first-order chi connectivity index (χ1) is 29.3. The number of aromatic nitrogens is 5. The maximum atomic E-state index is 5.46. The van der Waals surface area contributed by atoms with E-state index in [4.69, 9.17) is 9.97 Å². The van der Waals surface area contributed by atoms with Crippen molar-refractivity contribution in [2.45, 2.75) is 0 Å². The van der Waals surface area contributed by atoms with Crippen LogP contribution in [0.4, 0.5) is 0 Å². The third kappa shape index (κ3) is 5.33. The van der Waals surface area contributed by atoms with Crippen molar-refractivity contribution in [1.82, 2.24) is 23.7 Å². The number of rotatable bonds is 6. The van der Waals surface area contributed by atoms with Gasteiger partial charge in [0, 0.05) is 50.1 Å². The molecule has 8 aromatic carbocycles. The van der Waals surface area contributed by atoms with Gasteiger partial charge in [-0.3, -0.25) is 4.57 Å². The molecule has 5 heteroatoms. The van der Waals surface area contributed by atoms with Crippen LogP contribution in [0, 0.1) is 0 Å². The molecule has 276 valence electrons. The Balaban J connectivity index is 1.06. The van der Waals surface area contributed by atoms with Crippen LogP contribution in [0.15, 0.2) is 212 Å². The van der Waals surface area contributed by atoms with Gasteiger partial charge in [-0.2, -0.15) is 4.98 Å². The van der Waals surface area contributed by atoms with Crippen molar-refractivity contribution in [2.75, 3.05) is 0 Å². The van der Waals surface area contributed by atoms with E-state index in [1.54, 1.807) is 0 Å². The Morgan fingerprint density at radius 1 is 0.305 bits per heavy atom. The Bertz CT molecular complexity index is 3540. The summed E-state index contributed by atoms with van der Waals surface area (Å²) in [6.07, 6.45) is 2.11. The van der Waals surface area contributed by atoms with Gasteiger partial charge in [-0.15, -0.1) is 0 Å². The normalized spacial score (nSPS) is 11.7. The maximum Gasteiger partial charge on any atom is 0.237 e. The number of hydrogen-bond donors (Lipinski definition) is 0. The van der Waals surface area contributed by atoms with Crippen molar-refractivity contribution >= 4 is 54.6 Å². The quantitative estimate of drug-likeness (QED) is 0.170. The molecule has 0 bridgehead atoms. The summed E-state index contributed by atoms with van der Waals surface area (Å²) in [6, 6.07) is 73.4. The van der Waals surface area contributed by atoms with Crippen molar-refractivity contribution in [2.24, 2.45) is 0 Å². The molecule has 12 rings (SSSR count). The van der Waals surface area contributed by atoms with Crippen LogP contribution < -0.4 is 0 Å². The number of para-hydroxylation sites is 4. The first-order valence-corrected chi connectivity index (χ1v) is 20.0. The molecular formula is C54H35N5.